The van der Waals surface area contributed by atoms with Gasteiger partial charge in [0.25, 0.3) is 5.91 Å². The van der Waals surface area contributed by atoms with Gasteiger partial charge in [-0.3, -0.25) is 4.79 Å². The van der Waals surface area contributed by atoms with E-state index in [2.05, 4.69) is 21.2 Å². The minimum Gasteiger partial charge on any atom is -0.452 e. The highest BCUT2D eigenvalue weighted by Gasteiger charge is 2.08. The van der Waals surface area contributed by atoms with E-state index in [1.807, 2.05) is 49.4 Å². The van der Waals surface area contributed by atoms with Gasteiger partial charge in [0.05, 0.1) is 5.69 Å². The number of carbonyl (C=O) groups excluding carboxylic acids is 2. The van der Waals surface area contributed by atoms with Crippen LogP contribution in [0.4, 0.5) is 5.69 Å². The first-order chi connectivity index (χ1) is 11.5. The molecule has 2 rings (SSSR count). The van der Waals surface area contributed by atoms with Gasteiger partial charge >= 0.3 is 5.97 Å². The Bertz CT molecular complexity index is 747. The lowest BCUT2D eigenvalue weighted by Gasteiger charge is -2.08. The summed E-state index contributed by atoms with van der Waals surface area (Å²) < 4.78 is 5.69. The van der Waals surface area contributed by atoms with Crippen molar-refractivity contribution in [3.05, 3.63) is 70.1 Å². The number of aryl methyl sites for hydroxylation is 1. The van der Waals surface area contributed by atoms with E-state index in [-0.39, 0.29) is 6.61 Å². The van der Waals surface area contributed by atoms with Crippen molar-refractivity contribution in [1.82, 2.24) is 0 Å². The van der Waals surface area contributed by atoms with Gasteiger partial charge in [0.1, 0.15) is 0 Å². The Morgan fingerprint density at radius 1 is 1.21 bits per heavy atom. The summed E-state index contributed by atoms with van der Waals surface area (Å²) >= 11 is 4.78. The summed E-state index contributed by atoms with van der Waals surface area (Å²) in [7, 11) is 0. The maximum atomic E-state index is 11.8. The van der Waals surface area contributed by atoms with Crippen LogP contribution >= 0.6 is 27.7 Å². The highest BCUT2D eigenvalue weighted by molar-refractivity contribution is 9.10. The highest BCUT2D eigenvalue weighted by Crippen LogP contribution is 2.23. The Kier molecular flexibility index (Phi) is 7.08. The number of esters is 1. The number of rotatable bonds is 6. The third-order valence-corrected chi connectivity index (χ3v) is 4.37. The van der Waals surface area contributed by atoms with Crippen molar-refractivity contribution in [2.24, 2.45) is 0 Å². The van der Waals surface area contributed by atoms with Crippen LogP contribution in [0.15, 0.2) is 69.4 Å². The number of thioether (sulfide) groups is 1. The molecule has 0 fully saturated rings. The summed E-state index contributed by atoms with van der Waals surface area (Å²) in [6.07, 6.45) is 1.30. The summed E-state index contributed by atoms with van der Waals surface area (Å²) in [5, 5.41) is 4.31. The summed E-state index contributed by atoms with van der Waals surface area (Å²) in [6, 6.07) is 15.2. The molecule has 0 aromatic heterocycles. The highest BCUT2D eigenvalue weighted by atomic mass is 79.9. The normalized spacial score (nSPS) is 10.6. The smallest absolute Gasteiger partial charge is 0.331 e. The second-order valence-electron chi connectivity index (χ2n) is 4.87. The Morgan fingerprint density at radius 2 is 1.96 bits per heavy atom. The monoisotopic (exact) mass is 405 g/mol. The molecule has 0 saturated heterocycles. The molecule has 0 aliphatic rings. The molecule has 124 valence electrons. The van der Waals surface area contributed by atoms with Crippen molar-refractivity contribution in [1.29, 1.82) is 0 Å². The zero-order valence-corrected chi connectivity index (χ0v) is 15.4. The topological polar surface area (TPSA) is 55.4 Å². The molecule has 0 aliphatic carbocycles. The van der Waals surface area contributed by atoms with Gasteiger partial charge in [-0.2, -0.15) is 0 Å². The van der Waals surface area contributed by atoms with Crippen LogP contribution in [0.3, 0.4) is 0 Å². The SMILES string of the molecule is Cc1ccc(NC(=O)COC(=O)/C=C/Sc2ccccc2)c(Br)c1. The third-order valence-electron chi connectivity index (χ3n) is 2.90. The fourth-order valence-electron chi connectivity index (χ4n) is 1.76. The molecule has 0 atom stereocenters. The van der Waals surface area contributed by atoms with Gasteiger partial charge in [-0.25, -0.2) is 4.79 Å². The number of amides is 1. The van der Waals surface area contributed by atoms with Crippen LogP contribution in [0.25, 0.3) is 0 Å². The average Bonchev–Trinajstić information content (AvgIpc) is 2.56. The van der Waals surface area contributed by atoms with Gasteiger partial charge in [-0.15, -0.1) is 0 Å². The molecule has 0 radical (unpaired) electrons. The zero-order valence-electron chi connectivity index (χ0n) is 13.0. The lowest BCUT2D eigenvalue weighted by atomic mass is 10.2. The number of halogens is 1. The minimum atomic E-state index is -0.559. The fourth-order valence-corrected chi connectivity index (χ4v) is 3.00. The van der Waals surface area contributed by atoms with E-state index in [9.17, 15) is 9.59 Å². The Labute approximate surface area is 153 Å². The molecule has 24 heavy (non-hydrogen) atoms. The van der Waals surface area contributed by atoms with Gasteiger partial charge in [-0.1, -0.05) is 36.0 Å². The summed E-state index contributed by atoms with van der Waals surface area (Å²) in [5.74, 6) is -0.950. The van der Waals surface area contributed by atoms with Crippen molar-refractivity contribution < 1.29 is 14.3 Å². The van der Waals surface area contributed by atoms with E-state index >= 15 is 0 Å². The van der Waals surface area contributed by atoms with Crippen LogP contribution in [0.5, 0.6) is 0 Å². The zero-order chi connectivity index (χ0) is 17.4. The maximum Gasteiger partial charge on any atom is 0.331 e. The van der Waals surface area contributed by atoms with Gasteiger partial charge in [0, 0.05) is 15.4 Å². The van der Waals surface area contributed by atoms with Crippen LogP contribution in [0.1, 0.15) is 5.56 Å². The quantitative estimate of drug-likeness (QED) is 0.435. The van der Waals surface area contributed by atoms with E-state index in [0.29, 0.717) is 5.69 Å². The van der Waals surface area contributed by atoms with Gasteiger partial charge in [-0.05, 0) is 58.1 Å². The number of benzene rings is 2. The molecule has 6 heteroatoms. The first kappa shape index (κ1) is 18.3. The lowest BCUT2D eigenvalue weighted by Crippen LogP contribution is -2.20. The van der Waals surface area contributed by atoms with Crippen molar-refractivity contribution in [2.75, 3.05) is 11.9 Å². The largest absolute Gasteiger partial charge is 0.452 e. The first-order valence-corrected chi connectivity index (χ1v) is 8.83. The number of ether oxygens (including phenoxy) is 1. The second-order valence-corrected chi connectivity index (χ2v) is 6.71. The number of anilines is 1. The van der Waals surface area contributed by atoms with Crippen molar-refractivity contribution >= 4 is 45.3 Å². The first-order valence-electron chi connectivity index (χ1n) is 7.15. The van der Waals surface area contributed by atoms with Crippen LogP contribution in [-0.4, -0.2) is 18.5 Å². The molecular weight excluding hydrogens is 390 g/mol. The predicted octanol–water partition coefficient (Wildman–Crippen LogP) is 4.55. The Hall–Kier alpha value is -2.05. The molecule has 0 saturated carbocycles. The van der Waals surface area contributed by atoms with Crippen molar-refractivity contribution in [2.45, 2.75) is 11.8 Å². The molecular formula is C18H16BrNO3S. The van der Waals surface area contributed by atoms with Crippen LogP contribution < -0.4 is 5.32 Å². The Balaban J connectivity index is 1.75. The molecule has 1 N–H and O–H groups in total. The van der Waals surface area contributed by atoms with E-state index in [4.69, 9.17) is 4.74 Å². The number of carbonyl (C=O) groups is 2. The molecule has 2 aromatic carbocycles. The van der Waals surface area contributed by atoms with Crippen LogP contribution in [-0.2, 0) is 14.3 Å². The number of nitrogens with one attached hydrogen (secondary N) is 1. The molecule has 0 unspecified atom stereocenters. The van der Waals surface area contributed by atoms with Crippen molar-refractivity contribution in [3.63, 3.8) is 0 Å². The van der Waals surface area contributed by atoms with Crippen LogP contribution in [0, 0.1) is 6.92 Å². The van der Waals surface area contributed by atoms with Crippen LogP contribution in [0.2, 0.25) is 0 Å². The molecule has 4 nitrogen and oxygen atoms in total. The number of hydrogen-bond acceptors (Lipinski definition) is 4. The molecule has 0 aliphatic heterocycles. The molecule has 0 bridgehead atoms. The Morgan fingerprint density at radius 3 is 2.67 bits per heavy atom. The fraction of sp³-hybridized carbons (Fsp3) is 0.111. The minimum absolute atomic E-state index is 0.334. The molecule has 0 heterocycles. The molecule has 1 amide bonds. The second kappa shape index (κ2) is 9.30. The van der Waals surface area contributed by atoms with Gasteiger partial charge in [0.2, 0.25) is 0 Å². The molecule has 2 aromatic rings. The standard InChI is InChI=1S/C18H16BrNO3S/c1-13-7-8-16(15(19)11-13)20-17(21)12-23-18(22)9-10-24-14-5-3-2-4-6-14/h2-11H,12H2,1H3,(H,20,21)/b10-9+. The average molecular weight is 406 g/mol. The van der Waals surface area contributed by atoms with Gasteiger partial charge < -0.3 is 10.1 Å². The molecule has 0 spiro atoms. The summed E-state index contributed by atoms with van der Waals surface area (Å²) in [5.41, 5.74) is 1.71. The van der Waals surface area contributed by atoms with Gasteiger partial charge in [0.15, 0.2) is 6.61 Å². The lowest BCUT2D eigenvalue weighted by molar-refractivity contribution is -0.142. The van der Waals surface area contributed by atoms with E-state index < -0.39 is 11.9 Å². The van der Waals surface area contributed by atoms with E-state index in [1.165, 1.54) is 17.8 Å². The van der Waals surface area contributed by atoms with E-state index in [1.54, 1.807) is 11.5 Å². The van der Waals surface area contributed by atoms with E-state index in [0.717, 1.165) is 14.9 Å². The van der Waals surface area contributed by atoms with Crippen molar-refractivity contribution in [3.8, 4) is 0 Å². The summed E-state index contributed by atoms with van der Waals surface area (Å²) in [4.78, 5) is 24.4. The third kappa shape index (κ3) is 6.22. The number of hydrogen-bond donors (Lipinski definition) is 1. The predicted molar refractivity (Wildman–Crippen MR) is 99.9 cm³/mol. The maximum absolute atomic E-state index is 11.8. The summed E-state index contributed by atoms with van der Waals surface area (Å²) in [6.45, 7) is 1.62.